The minimum Gasteiger partial charge on any atom is -0.355 e. The third kappa shape index (κ3) is 5.31. The van der Waals surface area contributed by atoms with Crippen LogP contribution in [0.4, 0.5) is 25.8 Å². The van der Waals surface area contributed by atoms with Crippen LogP contribution in [0.2, 0.25) is 0 Å². The van der Waals surface area contributed by atoms with Crippen molar-refractivity contribution in [2.24, 2.45) is 0 Å². The lowest BCUT2D eigenvalue weighted by Gasteiger charge is -2.13. The second kappa shape index (κ2) is 8.68. The van der Waals surface area contributed by atoms with Gasteiger partial charge in [-0.15, -0.1) is 0 Å². The van der Waals surface area contributed by atoms with Gasteiger partial charge in [0.2, 0.25) is 0 Å². The summed E-state index contributed by atoms with van der Waals surface area (Å²) in [6.07, 6.45) is 0. The highest BCUT2D eigenvalue weighted by molar-refractivity contribution is 7.99. The zero-order chi connectivity index (χ0) is 19.2. The number of amides is 1. The number of carbonyl (C=O) groups is 1. The van der Waals surface area contributed by atoms with Crippen molar-refractivity contribution in [3.8, 4) is 0 Å². The maximum atomic E-state index is 12.7. The molecule has 0 unspecified atom stereocenters. The number of thioether (sulfide) groups is 1. The smallest absolute Gasteiger partial charge is 0.288 e. The van der Waals surface area contributed by atoms with Gasteiger partial charge in [0.15, 0.2) is 0 Å². The Kier molecular flexibility index (Phi) is 6.08. The fourth-order valence-electron chi connectivity index (χ4n) is 2.59. The number of hydrogen-bond acceptors (Lipinski definition) is 3. The number of hydrogen-bond donors (Lipinski definition) is 2. The lowest BCUT2D eigenvalue weighted by Crippen LogP contribution is -2.13. The number of benzene rings is 3. The lowest BCUT2D eigenvalue weighted by molar-refractivity contribution is 0.102. The number of para-hydroxylation sites is 1. The Morgan fingerprint density at radius 2 is 1.67 bits per heavy atom. The van der Waals surface area contributed by atoms with Gasteiger partial charge in [0.1, 0.15) is 0 Å². The predicted octanol–water partition coefficient (Wildman–Crippen LogP) is 6.31. The van der Waals surface area contributed by atoms with Gasteiger partial charge < -0.3 is 10.6 Å². The Labute approximate surface area is 160 Å². The highest BCUT2D eigenvalue weighted by atomic mass is 32.2. The van der Waals surface area contributed by atoms with Crippen LogP contribution in [0.15, 0.2) is 77.7 Å². The molecule has 0 aliphatic rings. The monoisotopic (exact) mass is 384 g/mol. The molecular weight excluding hydrogens is 366 g/mol. The Balaban J connectivity index is 1.76. The summed E-state index contributed by atoms with van der Waals surface area (Å²) in [4.78, 5) is 13.2. The van der Waals surface area contributed by atoms with Crippen molar-refractivity contribution in [1.82, 2.24) is 0 Å². The summed E-state index contributed by atoms with van der Waals surface area (Å²) in [5, 5.41) is 6.06. The average Bonchev–Trinajstić information content (AvgIpc) is 2.63. The predicted molar refractivity (Wildman–Crippen MR) is 107 cm³/mol. The molecule has 0 saturated heterocycles. The highest BCUT2D eigenvalue weighted by Gasteiger charge is 2.12. The van der Waals surface area contributed by atoms with E-state index < -0.39 is 5.76 Å². The molecule has 3 aromatic carbocycles. The van der Waals surface area contributed by atoms with E-state index in [1.165, 1.54) is 0 Å². The number of rotatable bonds is 6. The van der Waals surface area contributed by atoms with E-state index in [1.54, 1.807) is 42.5 Å². The molecule has 0 aliphatic heterocycles. The van der Waals surface area contributed by atoms with Gasteiger partial charge >= 0.3 is 0 Å². The van der Waals surface area contributed by atoms with Crippen LogP contribution >= 0.6 is 11.8 Å². The molecule has 0 atom stereocenters. The number of alkyl halides is 2. The standard InChI is InChI=1S/C21H18F2N2OS/c1-14-5-4-6-16(13-14)25-20(26)18-7-2-3-8-19(18)24-15-9-11-17(12-10-15)27-21(22)23/h2-13,21,24H,1H3,(H,25,26). The molecular formula is C21H18F2N2OS. The van der Waals surface area contributed by atoms with E-state index in [-0.39, 0.29) is 5.91 Å². The fraction of sp³-hybridized carbons (Fsp3) is 0.0952. The summed E-state index contributed by atoms with van der Waals surface area (Å²) in [6.45, 7) is 1.96. The highest BCUT2D eigenvalue weighted by Crippen LogP contribution is 2.28. The second-order valence-electron chi connectivity index (χ2n) is 5.90. The summed E-state index contributed by atoms with van der Waals surface area (Å²) < 4.78 is 24.8. The molecule has 6 heteroatoms. The van der Waals surface area contributed by atoms with Crippen LogP contribution < -0.4 is 10.6 Å². The van der Waals surface area contributed by atoms with Crippen LogP contribution in [0.5, 0.6) is 0 Å². The van der Waals surface area contributed by atoms with E-state index in [0.717, 1.165) is 11.3 Å². The second-order valence-corrected chi connectivity index (χ2v) is 6.96. The molecule has 0 saturated carbocycles. The number of nitrogens with one attached hydrogen (secondary N) is 2. The minimum absolute atomic E-state index is 0.228. The zero-order valence-corrected chi connectivity index (χ0v) is 15.4. The third-order valence-corrected chi connectivity index (χ3v) is 4.53. The molecule has 1 amide bonds. The summed E-state index contributed by atoms with van der Waals surface area (Å²) in [7, 11) is 0. The van der Waals surface area contributed by atoms with Crippen LogP contribution in [0, 0.1) is 6.92 Å². The number of anilines is 3. The molecule has 0 aromatic heterocycles. The number of halogens is 2. The topological polar surface area (TPSA) is 41.1 Å². The largest absolute Gasteiger partial charge is 0.355 e. The Morgan fingerprint density at radius 3 is 2.37 bits per heavy atom. The van der Waals surface area contributed by atoms with Gasteiger partial charge in [0.25, 0.3) is 11.7 Å². The summed E-state index contributed by atoms with van der Waals surface area (Å²) in [5.41, 5.74) is 3.62. The fourth-order valence-corrected chi connectivity index (χ4v) is 3.09. The molecule has 0 spiro atoms. The average molecular weight is 384 g/mol. The van der Waals surface area contributed by atoms with Crippen molar-refractivity contribution < 1.29 is 13.6 Å². The van der Waals surface area contributed by atoms with Crippen molar-refractivity contribution in [2.45, 2.75) is 17.6 Å². The van der Waals surface area contributed by atoms with E-state index in [2.05, 4.69) is 10.6 Å². The van der Waals surface area contributed by atoms with Gasteiger partial charge in [-0.25, -0.2) is 0 Å². The third-order valence-electron chi connectivity index (χ3n) is 3.81. The van der Waals surface area contributed by atoms with E-state index in [4.69, 9.17) is 0 Å². The first kappa shape index (κ1) is 18.9. The first-order chi connectivity index (χ1) is 13.0. The van der Waals surface area contributed by atoms with Crippen molar-refractivity contribution in [1.29, 1.82) is 0 Å². The quantitative estimate of drug-likeness (QED) is 0.490. The molecule has 3 rings (SSSR count). The van der Waals surface area contributed by atoms with E-state index in [0.29, 0.717) is 33.6 Å². The van der Waals surface area contributed by atoms with Gasteiger partial charge in [-0.05, 0) is 61.0 Å². The molecule has 3 aromatic rings. The van der Waals surface area contributed by atoms with Gasteiger partial charge in [-0.2, -0.15) is 8.78 Å². The first-order valence-electron chi connectivity index (χ1n) is 8.30. The molecule has 0 aliphatic carbocycles. The Morgan fingerprint density at radius 1 is 0.926 bits per heavy atom. The van der Waals surface area contributed by atoms with Crippen LogP contribution in [0.3, 0.4) is 0 Å². The molecule has 0 heterocycles. The SMILES string of the molecule is Cc1cccc(NC(=O)c2ccccc2Nc2ccc(SC(F)F)cc2)c1. The molecule has 0 radical (unpaired) electrons. The summed E-state index contributed by atoms with van der Waals surface area (Å²) >= 11 is 0.499. The molecule has 3 nitrogen and oxygen atoms in total. The van der Waals surface area contributed by atoms with Crippen LogP contribution in [-0.4, -0.2) is 11.7 Å². The normalized spacial score (nSPS) is 10.7. The molecule has 2 N–H and O–H groups in total. The van der Waals surface area contributed by atoms with E-state index >= 15 is 0 Å². The van der Waals surface area contributed by atoms with E-state index in [9.17, 15) is 13.6 Å². The maximum Gasteiger partial charge on any atom is 0.288 e. The summed E-state index contributed by atoms with van der Waals surface area (Å²) in [5.74, 6) is -2.68. The van der Waals surface area contributed by atoms with Gasteiger partial charge in [0, 0.05) is 16.3 Å². The summed E-state index contributed by atoms with van der Waals surface area (Å²) in [6, 6.07) is 21.4. The maximum absolute atomic E-state index is 12.7. The lowest BCUT2D eigenvalue weighted by atomic mass is 10.1. The van der Waals surface area contributed by atoms with Crippen molar-refractivity contribution >= 4 is 34.7 Å². The van der Waals surface area contributed by atoms with Gasteiger partial charge in [-0.3, -0.25) is 4.79 Å². The zero-order valence-electron chi connectivity index (χ0n) is 14.6. The van der Waals surface area contributed by atoms with Crippen molar-refractivity contribution in [2.75, 3.05) is 10.6 Å². The van der Waals surface area contributed by atoms with Crippen molar-refractivity contribution in [3.63, 3.8) is 0 Å². The van der Waals surface area contributed by atoms with Crippen LogP contribution in [0.1, 0.15) is 15.9 Å². The molecule has 27 heavy (non-hydrogen) atoms. The minimum atomic E-state index is -2.45. The van der Waals surface area contributed by atoms with Gasteiger partial charge in [-0.1, -0.05) is 36.0 Å². The first-order valence-corrected chi connectivity index (χ1v) is 9.18. The molecule has 0 bridgehead atoms. The van der Waals surface area contributed by atoms with Crippen LogP contribution in [-0.2, 0) is 0 Å². The van der Waals surface area contributed by atoms with E-state index in [1.807, 2.05) is 37.3 Å². The molecule has 138 valence electrons. The van der Waals surface area contributed by atoms with Gasteiger partial charge in [0.05, 0.1) is 11.3 Å². The number of aryl methyl sites for hydroxylation is 1. The Bertz CT molecular complexity index is 929. The van der Waals surface area contributed by atoms with Crippen LogP contribution in [0.25, 0.3) is 0 Å². The van der Waals surface area contributed by atoms with Crippen molar-refractivity contribution in [3.05, 3.63) is 83.9 Å². The molecule has 0 fully saturated rings. The Hall–Kier alpha value is -2.86. The number of carbonyl (C=O) groups excluding carboxylic acids is 1.